The summed E-state index contributed by atoms with van der Waals surface area (Å²) in [4.78, 5) is 28.5. The van der Waals surface area contributed by atoms with Crippen LogP contribution in [-0.2, 0) is 39.8 Å². The minimum Gasteiger partial charge on any atom is -0.504 e. The van der Waals surface area contributed by atoms with Crippen LogP contribution in [0.2, 0.25) is 0 Å². The maximum atomic E-state index is 13.6. The molecule has 2 fully saturated rings. The van der Waals surface area contributed by atoms with Crippen molar-refractivity contribution in [3.05, 3.63) is 47.7 Å². The Morgan fingerprint density at radius 3 is 2.14 bits per heavy atom. The van der Waals surface area contributed by atoms with E-state index in [0.29, 0.717) is 6.61 Å². The quantitative estimate of drug-likeness (QED) is 0.294. The first-order chi connectivity index (χ1) is 17.1. The first-order valence-electron chi connectivity index (χ1n) is 12.6. The Morgan fingerprint density at radius 1 is 0.973 bits per heavy atom. The van der Waals surface area contributed by atoms with Crippen LogP contribution in [0.5, 0.6) is 0 Å². The summed E-state index contributed by atoms with van der Waals surface area (Å²) in [5, 5.41) is 0. The molecule has 9 heteroatoms. The van der Waals surface area contributed by atoms with Crippen molar-refractivity contribution in [3.63, 3.8) is 0 Å². The van der Waals surface area contributed by atoms with Crippen molar-refractivity contribution in [3.8, 4) is 0 Å². The Morgan fingerprint density at radius 2 is 1.57 bits per heavy atom. The van der Waals surface area contributed by atoms with Gasteiger partial charge in [0, 0.05) is 0 Å². The van der Waals surface area contributed by atoms with Gasteiger partial charge in [-0.1, -0.05) is 30.3 Å². The number of carbonyl (C=O) groups excluding carboxylic acids is 2. The largest absolute Gasteiger partial charge is 0.504 e. The first kappa shape index (κ1) is 28.9. The van der Waals surface area contributed by atoms with E-state index in [-0.39, 0.29) is 12.2 Å². The highest BCUT2D eigenvalue weighted by atomic mass is 16.8. The van der Waals surface area contributed by atoms with Crippen LogP contribution >= 0.6 is 0 Å². The fraction of sp³-hybridized carbons (Fsp3) is 0.643. The molecule has 0 aliphatic carbocycles. The maximum Gasteiger partial charge on any atom is 0.411 e. The fourth-order valence-electron chi connectivity index (χ4n) is 4.52. The Bertz CT molecular complexity index is 976. The molecule has 9 nitrogen and oxygen atoms in total. The summed E-state index contributed by atoms with van der Waals surface area (Å²) in [5.41, 5.74) is -0.407. The molecule has 206 valence electrons. The van der Waals surface area contributed by atoms with E-state index in [1.807, 2.05) is 30.3 Å². The average Bonchev–Trinajstić information content (AvgIpc) is 3.21. The molecule has 2 saturated heterocycles. The molecule has 4 atom stereocenters. The normalized spacial score (nSPS) is 25.5. The van der Waals surface area contributed by atoms with E-state index in [4.69, 9.17) is 28.4 Å². The van der Waals surface area contributed by atoms with Crippen molar-refractivity contribution in [2.75, 3.05) is 13.7 Å². The monoisotopic (exact) mass is 519 g/mol. The highest BCUT2D eigenvalue weighted by Gasteiger charge is 2.62. The Hall–Kier alpha value is -2.62. The van der Waals surface area contributed by atoms with E-state index >= 15 is 0 Å². The predicted molar refractivity (Wildman–Crippen MR) is 137 cm³/mol. The third kappa shape index (κ3) is 7.46. The smallest absolute Gasteiger partial charge is 0.411 e. The van der Waals surface area contributed by atoms with Crippen molar-refractivity contribution in [2.24, 2.45) is 0 Å². The molecule has 2 aliphatic heterocycles. The van der Waals surface area contributed by atoms with Gasteiger partial charge < -0.3 is 28.4 Å². The Labute approximate surface area is 220 Å². The summed E-state index contributed by atoms with van der Waals surface area (Å²) in [5.74, 6) is -1.55. The van der Waals surface area contributed by atoms with Crippen LogP contribution in [0.25, 0.3) is 0 Å². The number of amides is 1. The summed E-state index contributed by atoms with van der Waals surface area (Å²) in [6.45, 7) is 14.8. The van der Waals surface area contributed by atoms with Crippen LogP contribution in [0.15, 0.2) is 42.2 Å². The summed E-state index contributed by atoms with van der Waals surface area (Å²) in [7, 11) is 1.44. The van der Waals surface area contributed by atoms with Crippen molar-refractivity contribution in [1.29, 1.82) is 0 Å². The van der Waals surface area contributed by atoms with E-state index in [2.05, 4.69) is 0 Å². The van der Waals surface area contributed by atoms with Gasteiger partial charge in [-0.3, -0.25) is 4.90 Å². The van der Waals surface area contributed by atoms with Gasteiger partial charge in [-0.05, 0) is 61.0 Å². The molecular weight excluding hydrogens is 478 g/mol. The fourth-order valence-corrected chi connectivity index (χ4v) is 4.52. The molecule has 0 spiro atoms. The molecular formula is C28H41NO8. The van der Waals surface area contributed by atoms with Gasteiger partial charge in [0.15, 0.2) is 5.79 Å². The minimum atomic E-state index is -0.933. The van der Waals surface area contributed by atoms with Gasteiger partial charge in [-0.2, -0.15) is 0 Å². The van der Waals surface area contributed by atoms with Gasteiger partial charge in [0.2, 0.25) is 0 Å². The molecule has 4 unspecified atom stereocenters. The van der Waals surface area contributed by atoms with E-state index in [9.17, 15) is 9.59 Å². The first-order valence-corrected chi connectivity index (χ1v) is 12.6. The molecule has 2 heterocycles. The van der Waals surface area contributed by atoms with Gasteiger partial charge in [-0.25, -0.2) is 9.59 Å². The number of hydrogen-bond acceptors (Lipinski definition) is 8. The van der Waals surface area contributed by atoms with Gasteiger partial charge in [0.1, 0.15) is 23.4 Å². The van der Waals surface area contributed by atoms with Gasteiger partial charge in [0.25, 0.3) is 0 Å². The molecule has 0 saturated carbocycles. The Balaban J connectivity index is 2.00. The number of methoxy groups -OCH3 is 1. The van der Waals surface area contributed by atoms with E-state index in [0.717, 1.165) is 5.56 Å². The number of benzene rings is 1. The molecule has 3 rings (SSSR count). The average molecular weight is 520 g/mol. The summed E-state index contributed by atoms with van der Waals surface area (Å²) in [6, 6.07) is 8.25. The number of carbonyl (C=O) groups is 2. The molecule has 37 heavy (non-hydrogen) atoms. The van der Waals surface area contributed by atoms with E-state index < -0.39 is 53.3 Å². The molecule has 1 aromatic rings. The van der Waals surface area contributed by atoms with Crippen LogP contribution in [0.4, 0.5) is 4.79 Å². The topological polar surface area (TPSA) is 92.8 Å². The zero-order valence-corrected chi connectivity index (χ0v) is 23.4. The summed E-state index contributed by atoms with van der Waals surface area (Å²) < 4.78 is 35.3. The second kappa shape index (κ2) is 11.0. The maximum absolute atomic E-state index is 13.6. The lowest BCUT2D eigenvalue weighted by Crippen LogP contribution is -2.51. The van der Waals surface area contributed by atoms with Crippen molar-refractivity contribution in [2.45, 2.75) is 103 Å². The van der Waals surface area contributed by atoms with Crippen LogP contribution in [-0.4, -0.2) is 72.0 Å². The molecule has 0 radical (unpaired) electrons. The number of nitrogens with zero attached hydrogens (tertiary/aromatic N) is 1. The molecule has 1 amide bonds. The van der Waals surface area contributed by atoms with Gasteiger partial charge >= 0.3 is 12.1 Å². The summed E-state index contributed by atoms with van der Waals surface area (Å²) >= 11 is 0. The number of hydrogen-bond donors (Lipinski definition) is 0. The summed E-state index contributed by atoms with van der Waals surface area (Å²) in [6.07, 6.45) is -0.571. The zero-order valence-electron chi connectivity index (χ0n) is 23.4. The number of esters is 1. The molecule has 0 aromatic heterocycles. The second-order valence-electron chi connectivity index (χ2n) is 11.8. The number of rotatable bonds is 7. The molecule has 0 N–H and O–H groups in total. The Kier molecular flexibility index (Phi) is 8.61. The highest BCUT2D eigenvalue weighted by Crippen LogP contribution is 2.44. The van der Waals surface area contributed by atoms with Crippen LogP contribution in [0.3, 0.4) is 0 Å². The predicted octanol–water partition coefficient (Wildman–Crippen LogP) is 4.58. The van der Waals surface area contributed by atoms with Gasteiger partial charge in [0.05, 0.1) is 44.2 Å². The number of fused-ring (bicyclic) bond motifs is 1. The van der Waals surface area contributed by atoms with Crippen molar-refractivity contribution < 1.29 is 38.0 Å². The van der Waals surface area contributed by atoms with Crippen molar-refractivity contribution in [1.82, 2.24) is 4.90 Å². The van der Waals surface area contributed by atoms with Crippen LogP contribution in [0, 0.1) is 0 Å². The molecule has 1 aromatic carbocycles. The number of ether oxygens (including phenoxy) is 6. The minimum absolute atomic E-state index is 0.130. The molecule has 2 aliphatic rings. The van der Waals surface area contributed by atoms with Crippen LogP contribution in [0.1, 0.15) is 61.0 Å². The molecule has 0 bridgehead atoms. The number of likely N-dealkylation sites (tertiary alicyclic amines) is 1. The lowest BCUT2D eigenvalue weighted by molar-refractivity contribution is -0.170. The second-order valence-corrected chi connectivity index (χ2v) is 11.8. The SMILES string of the molecule is CO/C=C(\C(=O)OC(C)(C)C)C1C2OC(C)(C)OC2C(COCc2ccccc2)N1C(=O)OC(C)(C)C. The zero-order chi connectivity index (χ0) is 27.6. The van der Waals surface area contributed by atoms with E-state index in [1.54, 1.807) is 55.4 Å². The standard InChI is InChI=1S/C28H41NO8/c1-26(2,3)36-24(30)19(16-32-9)21-23-22(34-28(7,8)35-23)20(29(21)25(31)37-27(4,5)6)17-33-15-18-13-11-10-12-14-18/h10-14,16,20-23H,15,17H2,1-9H3/b19-16-. The van der Waals surface area contributed by atoms with Crippen molar-refractivity contribution >= 4 is 12.1 Å². The van der Waals surface area contributed by atoms with E-state index in [1.165, 1.54) is 18.3 Å². The third-order valence-electron chi connectivity index (χ3n) is 5.71. The van der Waals surface area contributed by atoms with Crippen LogP contribution < -0.4 is 0 Å². The lowest BCUT2D eigenvalue weighted by Gasteiger charge is -2.36. The van der Waals surface area contributed by atoms with Gasteiger partial charge in [-0.15, -0.1) is 0 Å². The highest BCUT2D eigenvalue weighted by molar-refractivity contribution is 5.91. The third-order valence-corrected chi connectivity index (χ3v) is 5.71. The lowest BCUT2D eigenvalue weighted by atomic mass is 10.0.